The number of aromatic nitrogens is 2. The number of hydrogen-bond donors (Lipinski definition) is 0. The fourth-order valence-corrected chi connectivity index (χ4v) is 3.58. The molecule has 3 heterocycles. The number of aryl methyl sites for hydroxylation is 1. The largest absolute Gasteiger partial charge is 0.461 e. The first-order chi connectivity index (χ1) is 12.5. The Balaban J connectivity index is 1.83. The van der Waals surface area contributed by atoms with Crippen molar-refractivity contribution in [2.75, 3.05) is 19.8 Å². The van der Waals surface area contributed by atoms with E-state index in [1.165, 1.54) is 0 Å². The molecule has 0 saturated carbocycles. The Morgan fingerprint density at radius 3 is 2.85 bits per heavy atom. The quantitative estimate of drug-likeness (QED) is 0.724. The molecule has 0 spiro atoms. The Hall–Kier alpha value is -1.89. The number of amides is 1. The summed E-state index contributed by atoms with van der Waals surface area (Å²) in [6, 6.07) is 0. The van der Waals surface area contributed by atoms with Crippen LogP contribution in [0, 0.1) is 5.92 Å². The molecule has 144 valence electrons. The molecular formula is C19H29N3O4. The Morgan fingerprint density at radius 2 is 2.19 bits per heavy atom. The van der Waals surface area contributed by atoms with Crippen molar-refractivity contribution < 1.29 is 19.1 Å². The first kappa shape index (κ1) is 18.9. The summed E-state index contributed by atoms with van der Waals surface area (Å²) in [5.74, 6) is 0.179. The topological polar surface area (TPSA) is 73.7 Å². The van der Waals surface area contributed by atoms with Crippen molar-refractivity contribution in [3.63, 3.8) is 0 Å². The Bertz CT molecular complexity index is 662. The lowest BCUT2D eigenvalue weighted by molar-refractivity contribution is -0.141. The minimum atomic E-state index is -0.404. The summed E-state index contributed by atoms with van der Waals surface area (Å²) in [5, 5.41) is 4.55. The highest BCUT2D eigenvalue weighted by Gasteiger charge is 2.34. The van der Waals surface area contributed by atoms with E-state index in [0.29, 0.717) is 44.3 Å². The third kappa shape index (κ3) is 3.92. The molecule has 26 heavy (non-hydrogen) atoms. The van der Waals surface area contributed by atoms with E-state index in [2.05, 4.69) is 18.9 Å². The van der Waals surface area contributed by atoms with E-state index in [-0.39, 0.29) is 12.0 Å². The molecule has 0 bridgehead atoms. The molecule has 0 aromatic carbocycles. The minimum Gasteiger partial charge on any atom is -0.461 e. The number of fused-ring (bicyclic) bond motifs is 1. The second-order valence-electron chi connectivity index (χ2n) is 7.41. The van der Waals surface area contributed by atoms with Gasteiger partial charge < -0.3 is 14.4 Å². The van der Waals surface area contributed by atoms with E-state index in [1.54, 1.807) is 11.8 Å². The summed E-state index contributed by atoms with van der Waals surface area (Å²) in [6.07, 6.45) is 3.07. The molecule has 7 heteroatoms. The van der Waals surface area contributed by atoms with Gasteiger partial charge in [-0.2, -0.15) is 5.10 Å². The monoisotopic (exact) mass is 363 g/mol. The second kappa shape index (κ2) is 8.20. The summed E-state index contributed by atoms with van der Waals surface area (Å²) in [4.78, 5) is 26.9. The van der Waals surface area contributed by atoms with E-state index in [9.17, 15) is 9.59 Å². The molecule has 2 aliphatic rings. The van der Waals surface area contributed by atoms with Gasteiger partial charge in [-0.3, -0.25) is 9.48 Å². The number of carbonyl (C=O) groups excluding carboxylic acids is 2. The Kier molecular flexibility index (Phi) is 5.96. The molecule has 1 atom stereocenters. The Labute approximate surface area is 154 Å². The highest BCUT2D eigenvalue weighted by Crippen LogP contribution is 2.26. The van der Waals surface area contributed by atoms with Gasteiger partial charge in [0.15, 0.2) is 5.69 Å². The van der Waals surface area contributed by atoms with Gasteiger partial charge in [0.05, 0.1) is 6.61 Å². The fraction of sp³-hybridized carbons (Fsp3) is 0.737. The molecule has 1 unspecified atom stereocenters. The van der Waals surface area contributed by atoms with Gasteiger partial charge in [-0.05, 0) is 32.1 Å². The zero-order chi connectivity index (χ0) is 18.7. The summed E-state index contributed by atoms with van der Waals surface area (Å²) >= 11 is 0. The van der Waals surface area contributed by atoms with Gasteiger partial charge in [0, 0.05) is 43.9 Å². The SMILES string of the molecule is CCOC(=O)c1nn(CCC(C)C)c2c1CN(C(=O)C1CCCO1)CC2. The van der Waals surface area contributed by atoms with Gasteiger partial charge in [0.25, 0.3) is 5.91 Å². The van der Waals surface area contributed by atoms with Gasteiger partial charge in [-0.1, -0.05) is 13.8 Å². The number of hydrogen-bond acceptors (Lipinski definition) is 5. The first-order valence-electron chi connectivity index (χ1n) is 9.67. The third-order valence-corrected chi connectivity index (χ3v) is 5.04. The normalized spacial score (nSPS) is 19.7. The van der Waals surface area contributed by atoms with Crippen molar-refractivity contribution in [1.82, 2.24) is 14.7 Å². The smallest absolute Gasteiger partial charge is 0.359 e. The van der Waals surface area contributed by atoms with Gasteiger partial charge in [-0.15, -0.1) is 0 Å². The van der Waals surface area contributed by atoms with E-state index in [0.717, 1.165) is 37.1 Å². The van der Waals surface area contributed by atoms with Crippen LogP contribution in [0.1, 0.15) is 61.8 Å². The molecular weight excluding hydrogens is 334 g/mol. The van der Waals surface area contributed by atoms with Crippen molar-refractivity contribution in [1.29, 1.82) is 0 Å². The van der Waals surface area contributed by atoms with E-state index in [1.807, 2.05) is 4.68 Å². The van der Waals surface area contributed by atoms with Crippen molar-refractivity contribution in [3.05, 3.63) is 17.0 Å². The average Bonchev–Trinajstić information content (AvgIpc) is 3.27. The number of ether oxygens (including phenoxy) is 2. The van der Waals surface area contributed by atoms with Crippen LogP contribution in [0.3, 0.4) is 0 Å². The second-order valence-corrected chi connectivity index (χ2v) is 7.41. The summed E-state index contributed by atoms with van der Waals surface area (Å²) < 4.78 is 12.7. The van der Waals surface area contributed by atoms with Crippen LogP contribution in [0.15, 0.2) is 0 Å². The van der Waals surface area contributed by atoms with Gasteiger partial charge in [0.1, 0.15) is 6.10 Å². The van der Waals surface area contributed by atoms with Crippen LogP contribution >= 0.6 is 0 Å². The summed E-state index contributed by atoms with van der Waals surface area (Å²) in [7, 11) is 0. The zero-order valence-corrected chi connectivity index (χ0v) is 16.0. The molecule has 1 amide bonds. The summed E-state index contributed by atoms with van der Waals surface area (Å²) in [6.45, 7) is 8.91. The maximum atomic E-state index is 12.7. The van der Waals surface area contributed by atoms with Crippen molar-refractivity contribution in [2.24, 2.45) is 5.92 Å². The molecule has 0 N–H and O–H groups in total. The molecule has 0 radical (unpaired) electrons. The average molecular weight is 363 g/mol. The van der Waals surface area contributed by atoms with E-state index in [4.69, 9.17) is 9.47 Å². The lowest BCUT2D eigenvalue weighted by Crippen LogP contribution is -2.42. The van der Waals surface area contributed by atoms with Gasteiger partial charge in [0.2, 0.25) is 0 Å². The Morgan fingerprint density at radius 1 is 1.38 bits per heavy atom. The maximum Gasteiger partial charge on any atom is 0.359 e. The molecule has 1 aromatic rings. The minimum absolute atomic E-state index is 0.0258. The number of rotatable bonds is 6. The van der Waals surface area contributed by atoms with Crippen LogP contribution in [0.25, 0.3) is 0 Å². The lowest BCUT2D eigenvalue weighted by Gasteiger charge is -2.29. The number of nitrogens with zero attached hydrogens (tertiary/aromatic N) is 3. The standard InChI is InChI=1S/C19H29N3O4/c1-4-25-19(24)17-14-12-21(18(23)16-6-5-11-26-16)9-8-15(14)22(20-17)10-7-13(2)3/h13,16H,4-12H2,1-3H3. The summed E-state index contributed by atoms with van der Waals surface area (Å²) in [5.41, 5.74) is 2.25. The molecule has 1 fully saturated rings. The van der Waals surface area contributed by atoms with Crippen molar-refractivity contribution in [2.45, 2.75) is 65.6 Å². The van der Waals surface area contributed by atoms with E-state index < -0.39 is 5.97 Å². The zero-order valence-electron chi connectivity index (χ0n) is 16.0. The maximum absolute atomic E-state index is 12.7. The van der Waals surface area contributed by atoms with Crippen LogP contribution in [-0.2, 0) is 33.8 Å². The van der Waals surface area contributed by atoms with Crippen LogP contribution in [0.2, 0.25) is 0 Å². The molecule has 0 aliphatic carbocycles. The molecule has 1 aromatic heterocycles. The van der Waals surface area contributed by atoms with Crippen LogP contribution in [-0.4, -0.2) is 52.4 Å². The van der Waals surface area contributed by atoms with E-state index >= 15 is 0 Å². The van der Waals surface area contributed by atoms with Crippen molar-refractivity contribution in [3.8, 4) is 0 Å². The highest BCUT2D eigenvalue weighted by atomic mass is 16.5. The number of esters is 1. The number of carbonyl (C=O) groups is 2. The lowest BCUT2D eigenvalue weighted by atomic mass is 10.0. The highest BCUT2D eigenvalue weighted by molar-refractivity contribution is 5.90. The van der Waals surface area contributed by atoms with Crippen LogP contribution in [0.5, 0.6) is 0 Å². The molecule has 1 saturated heterocycles. The fourth-order valence-electron chi connectivity index (χ4n) is 3.58. The van der Waals surface area contributed by atoms with Crippen LogP contribution < -0.4 is 0 Å². The predicted molar refractivity (Wildman–Crippen MR) is 95.7 cm³/mol. The molecule has 7 nitrogen and oxygen atoms in total. The van der Waals surface area contributed by atoms with Crippen molar-refractivity contribution >= 4 is 11.9 Å². The van der Waals surface area contributed by atoms with Crippen LogP contribution in [0.4, 0.5) is 0 Å². The molecule has 3 rings (SSSR count). The molecule has 2 aliphatic heterocycles. The van der Waals surface area contributed by atoms with Gasteiger partial charge >= 0.3 is 5.97 Å². The predicted octanol–water partition coefficient (Wildman–Crippen LogP) is 2.17. The third-order valence-electron chi connectivity index (χ3n) is 5.04. The van der Waals surface area contributed by atoms with Gasteiger partial charge in [-0.25, -0.2) is 4.79 Å². The first-order valence-corrected chi connectivity index (χ1v) is 9.67.